The van der Waals surface area contributed by atoms with E-state index in [1.54, 1.807) is 14.0 Å². The number of nitrogens with one attached hydrogen (secondary N) is 2. The van der Waals surface area contributed by atoms with Crippen LogP contribution in [0.3, 0.4) is 0 Å². The van der Waals surface area contributed by atoms with Crippen LogP contribution in [0, 0.1) is 11.8 Å². The fourth-order valence-electron chi connectivity index (χ4n) is 3.52. The molecule has 0 saturated carbocycles. The van der Waals surface area contributed by atoms with Gasteiger partial charge in [0.2, 0.25) is 11.8 Å². The Morgan fingerprint density at radius 1 is 1.00 bits per heavy atom. The van der Waals surface area contributed by atoms with Crippen LogP contribution in [0.25, 0.3) is 0 Å². The largest absolute Gasteiger partial charge is 0.497 e. The summed E-state index contributed by atoms with van der Waals surface area (Å²) in [6.07, 6.45) is -0.324. The Hall–Kier alpha value is -2.59. The number of methoxy groups -OCH3 is 2. The van der Waals surface area contributed by atoms with Crippen LogP contribution in [0.15, 0.2) is 24.3 Å². The number of carbonyl (C=O) groups excluding carboxylic acids is 4. The monoisotopic (exact) mass is 510 g/mol. The van der Waals surface area contributed by atoms with E-state index in [0.717, 1.165) is 23.1 Å². The Morgan fingerprint density at radius 2 is 1.63 bits per heavy atom. The van der Waals surface area contributed by atoms with Crippen molar-refractivity contribution in [2.75, 3.05) is 21.3 Å². The molecule has 0 saturated heterocycles. The lowest BCUT2D eigenvalue weighted by atomic mass is 9.91. The zero-order chi connectivity index (χ0) is 26.5. The van der Waals surface area contributed by atoms with Crippen molar-refractivity contribution in [1.29, 1.82) is 0 Å². The first-order valence-electron chi connectivity index (χ1n) is 11.5. The SMILES string of the molecule is CNC(=O)[C@@H](NC(=O)C(CC(C)C)C(CC(=O)OC)SC(C)=O)[C@@H](C)OCc1ccc(OC)cc1. The van der Waals surface area contributed by atoms with Crippen molar-refractivity contribution in [3.05, 3.63) is 29.8 Å². The molecule has 2 unspecified atom stereocenters. The van der Waals surface area contributed by atoms with E-state index in [1.165, 1.54) is 21.1 Å². The van der Waals surface area contributed by atoms with Gasteiger partial charge in [0.05, 0.1) is 39.3 Å². The molecule has 0 radical (unpaired) electrons. The van der Waals surface area contributed by atoms with Gasteiger partial charge in [-0.25, -0.2) is 0 Å². The van der Waals surface area contributed by atoms with Crippen molar-refractivity contribution >= 4 is 34.7 Å². The molecule has 0 spiro atoms. The second-order valence-electron chi connectivity index (χ2n) is 8.63. The maximum absolute atomic E-state index is 13.4. The predicted molar refractivity (Wildman–Crippen MR) is 135 cm³/mol. The number of esters is 1. The number of rotatable bonds is 14. The van der Waals surface area contributed by atoms with Crippen molar-refractivity contribution in [2.24, 2.45) is 11.8 Å². The molecule has 2 amide bonds. The quantitative estimate of drug-likeness (QED) is 0.367. The second kappa shape index (κ2) is 15.4. The minimum Gasteiger partial charge on any atom is -0.497 e. The molecule has 2 N–H and O–H groups in total. The molecular formula is C25H38N2O7S. The number of likely N-dealkylation sites (N-methyl/N-ethyl adjacent to an activating group) is 1. The third-order valence-electron chi connectivity index (χ3n) is 5.39. The molecule has 9 nitrogen and oxygen atoms in total. The van der Waals surface area contributed by atoms with Crippen LogP contribution < -0.4 is 15.4 Å². The van der Waals surface area contributed by atoms with E-state index < -0.39 is 41.1 Å². The van der Waals surface area contributed by atoms with Gasteiger partial charge >= 0.3 is 5.97 Å². The summed E-state index contributed by atoms with van der Waals surface area (Å²) in [7, 11) is 4.33. The Morgan fingerprint density at radius 3 is 2.11 bits per heavy atom. The molecule has 0 aliphatic carbocycles. The number of ether oxygens (including phenoxy) is 3. The summed E-state index contributed by atoms with van der Waals surface area (Å²) >= 11 is 0.939. The summed E-state index contributed by atoms with van der Waals surface area (Å²) in [5.74, 6) is -1.20. The normalized spacial score (nSPS) is 14.4. The zero-order valence-electron chi connectivity index (χ0n) is 21.6. The van der Waals surface area contributed by atoms with Gasteiger partial charge in [0.1, 0.15) is 11.8 Å². The lowest BCUT2D eigenvalue weighted by Crippen LogP contribution is -2.54. The predicted octanol–water partition coefficient (Wildman–Crippen LogP) is 2.70. The van der Waals surface area contributed by atoms with Gasteiger partial charge in [0.15, 0.2) is 5.12 Å². The lowest BCUT2D eigenvalue weighted by Gasteiger charge is -2.30. The number of hydrogen-bond acceptors (Lipinski definition) is 8. The highest BCUT2D eigenvalue weighted by molar-refractivity contribution is 8.14. The molecule has 0 fully saturated rings. The average Bonchev–Trinajstić information content (AvgIpc) is 2.83. The lowest BCUT2D eigenvalue weighted by molar-refractivity contribution is -0.141. The van der Waals surface area contributed by atoms with Crippen LogP contribution in [0.1, 0.15) is 46.1 Å². The van der Waals surface area contributed by atoms with E-state index in [9.17, 15) is 19.2 Å². The minimum absolute atomic E-state index is 0.0975. The van der Waals surface area contributed by atoms with Gasteiger partial charge in [-0.1, -0.05) is 37.7 Å². The summed E-state index contributed by atoms with van der Waals surface area (Å²) in [6, 6.07) is 6.36. The molecule has 1 rings (SSSR count). The van der Waals surface area contributed by atoms with Crippen LogP contribution in [0.5, 0.6) is 5.75 Å². The highest BCUT2D eigenvalue weighted by Crippen LogP contribution is 2.30. The maximum Gasteiger partial charge on any atom is 0.306 e. The molecule has 0 aliphatic rings. The first-order valence-corrected chi connectivity index (χ1v) is 12.4. The Kier molecular flexibility index (Phi) is 13.4. The molecule has 1 aromatic carbocycles. The van der Waals surface area contributed by atoms with Gasteiger partial charge in [-0.05, 0) is 37.0 Å². The van der Waals surface area contributed by atoms with Crippen LogP contribution >= 0.6 is 11.8 Å². The smallest absolute Gasteiger partial charge is 0.306 e. The molecule has 0 heterocycles. The fraction of sp³-hybridized carbons (Fsp3) is 0.600. The Balaban J connectivity index is 3.05. The Labute approximate surface area is 212 Å². The van der Waals surface area contributed by atoms with Crippen molar-refractivity contribution in [1.82, 2.24) is 10.6 Å². The standard InChI is InChI=1S/C25H38N2O7S/c1-15(2)12-20(21(35-17(4)28)13-22(29)33-7)24(30)27-23(25(31)26-5)16(3)34-14-18-8-10-19(32-6)11-9-18/h8-11,15-16,20-21,23H,12-14H2,1-7H3,(H,26,31)(H,27,30)/t16-,20?,21?,23+/m1/s1. The van der Waals surface area contributed by atoms with Crippen molar-refractivity contribution in [3.8, 4) is 5.75 Å². The highest BCUT2D eigenvalue weighted by atomic mass is 32.2. The van der Waals surface area contributed by atoms with Crippen molar-refractivity contribution in [3.63, 3.8) is 0 Å². The molecule has 10 heteroatoms. The second-order valence-corrected chi connectivity index (χ2v) is 10.0. The Bertz CT molecular complexity index is 845. The summed E-state index contributed by atoms with van der Waals surface area (Å²) in [5.41, 5.74) is 0.883. The summed E-state index contributed by atoms with van der Waals surface area (Å²) in [5, 5.41) is 4.53. The van der Waals surface area contributed by atoms with E-state index in [-0.39, 0.29) is 24.1 Å². The molecule has 1 aromatic rings. The highest BCUT2D eigenvalue weighted by Gasteiger charge is 2.36. The third kappa shape index (κ3) is 10.7. The molecule has 0 aromatic heterocycles. The van der Waals surface area contributed by atoms with E-state index in [1.807, 2.05) is 38.1 Å². The van der Waals surface area contributed by atoms with Crippen molar-refractivity contribution < 1.29 is 33.4 Å². The topological polar surface area (TPSA) is 120 Å². The summed E-state index contributed by atoms with van der Waals surface area (Å²) < 4.78 is 15.8. The van der Waals surface area contributed by atoms with Gasteiger partial charge in [0.25, 0.3) is 0 Å². The van der Waals surface area contributed by atoms with Gasteiger partial charge in [0, 0.05) is 19.2 Å². The number of thioether (sulfide) groups is 1. The molecule has 0 aliphatic heterocycles. The molecule has 4 atom stereocenters. The zero-order valence-corrected chi connectivity index (χ0v) is 22.4. The molecule has 35 heavy (non-hydrogen) atoms. The van der Waals surface area contributed by atoms with E-state index in [0.29, 0.717) is 6.42 Å². The van der Waals surface area contributed by atoms with Crippen LogP contribution in [-0.4, -0.2) is 61.6 Å². The molecule has 0 bridgehead atoms. The number of amides is 2. The number of benzene rings is 1. The van der Waals surface area contributed by atoms with Gasteiger partial charge in [-0.2, -0.15) is 0 Å². The third-order valence-corrected chi connectivity index (χ3v) is 6.52. The van der Waals surface area contributed by atoms with Crippen LogP contribution in [0.2, 0.25) is 0 Å². The van der Waals surface area contributed by atoms with Gasteiger partial charge < -0.3 is 24.8 Å². The number of carbonyl (C=O) groups is 4. The van der Waals surface area contributed by atoms with Gasteiger partial charge in [-0.3, -0.25) is 19.2 Å². The first kappa shape index (κ1) is 30.4. The number of hydrogen-bond donors (Lipinski definition) is 2. The first-order chi connectivity index (χ1) is 16.5. The summed E-state index contributed by atoms with van der Waals surface area (Å²) in [4.78, 5) is 49.9. The minimum atomic E-state index is -0.971. The summed E-state index contributed by atoms with van der Waals surface area (Å²) in [6.45, 7) is 7.23. The van der Waals surface area contributed by atoms with E-state index >= 15 is 0 Å². The van der Waals surface area contributed by atoms with Crippen LogP contribution in [0.4, 0.5) is 0 Å². The van der Waals surface area contributed by atoms with E-state index in [2.05, 4.69) is 10.6 Å². The van der Waals surface area contributed by atoms with Crippen LogP contribution in [-0.2, 0) is 35.3 Å². The molecular weight excluding hydrogens is 472 g/mol. The van der Waals surface area contributed by atoms with Gasteiger partial charge in [-0.15, -0.1) is 0 Å². The average molecular weight is 511 g/mol. The fourth-order valence-corrected chi connectivity index (χ4v) is 4.56. The van der Waals surface area contributed by atoms with E-state index in [4.69, 9.17) is 14.2 Å². The van der Waals surface area contributed by atoms with Crippen molar-refractivity contribution in [2.45, 2.75) is 64.5 Å². The maximum atomic E-state index is 13.4. The molecule has 196 valence electrons.